The zero-order valence-corrected chi connectivity index (χ0v) is 24.9. The summed E-state index contributed by atoms with van der Waals surface area (Å²) in [6.07, 6.45) is 4.37. The zero-order chi connectivity index (χ0) is 32.2. The van der Waals surface area contributed by atoms with Crippen molar-refractivity contribution in [2.75, 3.05) is 25.5 Å². The number of carbonyl (C=O) groups excluding carboxylic acids is 1. The Hall–Kier alpha value is -5.24. The summed E-state index contributed by atoms with van der Waals surface area (Å²) in [6.45, 7) is 2.72. The molecule has 1 fully saturated rings. The third kappa shape index (κ3) is 6.80. The fourth-order valence-corrected chi connectivity index (χ4v) is 5.04. The highest BCUT2D eigenvalue weighted by Crippen LogP contribution is 2.39. The number of methoxy groups -OCH3 is 1. The van der Waals surface area contributed by atoms with E-state index < -0.39 is 35.1 Å². The molecule has 12 nitrogen and oxygen atoms in total. The van der Waals surface area contributed by atoms with Crippen molar-refractivity contribution in [1.29, 1.82) is 5.41 Å². The number of amidine groups is 1. The lowest BCUT2D eigenvalue weighted by Gasteiger charge is -2.35. The second-order valence-electron chi connectivity index (χ2n) is 10.6. The fourth-order valence-electron chi connectivity index (χ4n) is 5.04. The third-order valence-electron chi connectivity index (χ3n) is 7.59. The van der Waals surface area contributed by atoms with Crippen LogP contribution in [0.25, 0.3) is 11.4 Å². The number of hydrogen-bond donors (Lipinski definition) is 4. The molecule has 0 saturated carbocycles. The number of rotatable bonds is 10. The summed E-state index contributed by atoms with van der Waals surface area (Å²) >= 11 is 0. The maximum atomic E-state index is 16.0. The molecule has 1 saturated heterocycles. The number of benzene rings is 2. The molecule has 3 heterocycles. The van der Waals surface area contributed by atoms with E-state index in [1.54, 1.807) is 37.5 Å². The van der Waals surface area contributed by atoms with Crippen LogP contribution >= 0.6 is 0 Å². The van der Waals surface area contributed by atoms with Crippen LogP contribution in [-0.4, -0.2) is 68.6 Å². The average Bonchev–Trinajstić information content (AvgIpc) is 3.47. The highest BCUT2D eigenvalue weighted by atomic mass is 19.1. The number of nitrogens with two attached hydrogens (primary N) is 1. The Morgan fingerprint density at radius 3 is 2.49 bits per heavy atom. The Kier molecular flexibility index (Phi) is 9.13. The van der Waals surface area contributed by atoms with Crippen molar-refractivity contribution in [3.8, 4) is 40.4 Å². The molecule has 0 spiro atoms. The quantitative estimate of drug-likeness (QED) is 0.110. The number of nitrogens with zero attached hydrogens (tertiary/aromatic N) is 4. The first-order valence-corrected chi connectivity index (χ1v) is 14.1. The van der Waals surface area contributed by atoms with Crippen LogP contribution in [0.3, 0.4) is 0 Å². The van der Waals surface area contributed by atoms with Gasteiger partial charge in [-0.05, 0) is 50.1 Å². The molecule has 0 bridgehead atoms. The molecule has 236 valence electrons. The smallest absolute Gasteiger partial charge is 0.322 e. The van der Waals surface area contributed by atoms with Crippen LogP contribution in [0, 0.1) is 17.0 Å². The molecule has 0 radical (unpaired) electrons. The minimum atomic E-state index is -1.15. The highest BCUT2D eigenvalue weighted by Gasteiger charge is 2.30. The van der Waals surface area contributed by atoms with Crippen molar-refractivity contribution in [3.05, 3.63) is 72.1 Å². The molecule has 4 aromatic rings. The van der Waals surface area contributed by atoms with Crippen LogP contribution in [0.5, 0.6) is 29.0 Å². The van der Waals surface area contributed by atoms with E-state index in [9.17, 15) is 9.90 Å². The Morgan fingerprint density at radius 2 is 1.84 bits per heavy atom. The number of phenolic OH excluding ortho intramolecular Hbond substituents is 1. The summed E-state index contributed by atoms with van der Waals surface area (Å²) in [4.78, 5) is 22.2. The molecular formula is C31H33F2N7O5. The summed E-state index contributed by atoms with van der Waals surface area (Å²) in [5, 5.41) is 21.0. The van der Waals surface area contributed by atoms with Gasteiger partial charge < -0.3 is 34.9 Å². The molecule has 1 aliphatic rings. The second-order valence-corrected chi connectivity index (χ2v) is 10.6. The molecule has 0 aliphatic carbocycles. The number of aromatic hydroxyl groups is 1. The Bertz CT molecular complexity index is 1720. The standard InChI is InChI=1S/C31H33F2N7O5/c1-17(31(42)43-3)40-12-9-20(10-13-40)37-26-24(32)29(44-21-6-4-5-19(15-21)28-36-11-14-39(28)2)38-30(25(26)33)45-23-16-18(27(34)35)7-8-22(23)41/h4-8,11,14-17,20,41H,9-10,12-13H2,1-3H3,(H3,34,35)(H,37,38). The van der Waals surface area contributed by atoms with E-state index in [4.69, 9.17) is 25.4 Å². The minimum absolute atomic E-state index is 0.205. The van der Waals surface area contributed by atoms with E-state index >= 15 is 8.78 Å². The normalized spacial score (nSPS) is 14.5. The fraction of sp³-hybridized carbons (Fsp3) is 0.290. The predicted octanol–water partition coefficient (Wildman–Crippen LogP) is 4.77. The predicted molar refractivity (Wildman–Crippen MR) is 162 cm³/mol. The summed E-state index contributed by atoms with van der Waals surface area (Å²) in [6, 6.07) is 9.79. The van der Waals surface area contributed by atoms with Crippen molar-refractivity contribution in [2.24, 2.45) is 12.8 Å². The molecule has 45 heavy (non-hydrogen) atoms. The van der Waals surface area contributed by atoms with Crippen LogP contribution in [0.2, 0.25) is 0 Å². The SMILES string of the molecule is COC(=O)C(C)N1CCC(Nc2c(F)c(Oc3cccc(-c4nccn4C)c3)nc(Oc3cc(C(=N)N)ccc3O)c2F)CC1. The lowest BCUT2D eigenvalue weighted by atomic mass is 10.0. The number of imidazole rings is 1. The number of phenols is 1. The number of carbonyl (C=O) groups is 1. The molecule has 14 heteroatoms. The first kappa shape index (κ1) is 31.2. The second kappa shape index (κ2) is 13.2. The zero-order valence-electron chi connectivity index (χ0n) is 24.9. The van der Waals surface area contributed by atoms with Gasteiger partial charge in [0.15, 0.2) is 11.5 Å². The van der Waals surface area contributed by atoms with E-state index in [1.165, 1.54) is 25.3 Å². The van der Waals surface area contributed by atoms with Crippen LogP contribution in [-0.2, 0) is 16.6 Å². The number of nitrogen functional groups attached to an aromatic ring is 1. The van der Waals surface area contributed by atoms with Crippen molar-refractivity contribution < 1.29 is 32.9 Å². The van der Waals surface area contributed by atoms with Gasteiger partial charge >= 0.3 is 5.97 Å². The van der Waals surface area contributed by atoms with E-state index in [0.29, 0.717) is 37.3 Å². The van der Waals surface area contributed by atoms with Crippen molar-refractivity contribution >= 4 is 17.5 Å². The highest BCUT2D eigenvalue weighted by molar-refractivity contribution is 5.95. The van der Waals surface area contributed by atoms with Crippen LogP contribution < -0.4 is 20.5 Å². The molecular weight excluding hydrogens is 588 g/mol. The van der Waals surface area contributed by atoms with Crippen LogP contribution in [0.15, 0.2) is 54.9 Å². The van der Waals surface area contributed by atoms with Gasteiger partial charge in [-0.15, -0.1) is 0 Å². The van der Waals surface area contributed by atoms with Gasteiger partial charge in [0, 0.05) is 49.7 Å². The third-order valence-corrected chi connectivity index (χ3v) is 7.59. The lowest BCUT2D eigenvalue weighted by molar-refractivity contribution is -0.146. The molecule has 1 aliphatic heterocycles. The van der Waals surface area contributed by atoms with E-state index in [-0.39, 0.29) is 40.7 Å². The average molecular weight is 622 g/mol. The molecule has 5 rings (SSSR count). The molecule has 0 amide bonds. The van der Waals surface area contributed by atoms with E-state index in [1.807, 2.05) is 22.6 Å². The summed E-state index contributed by atoms with van der Waals surface area (Å²) in [5.74, 6) is -3.94. The number of piperidine rings is 1. The molecule has 2 aromatic heterocycles. The number of esters is 1. The summed E-state index contributed by atoms with van der Waals surface area (Å²) < 4.78 is 50.1. The number of aryl methyl sites for hydroxylation is 1. The van der Waals surface area contributed by atoms with Crippen LogP contribution in [0.1, 0.15) is 25.3 Å². The number of pyridine rings is 1. The number of hydrogen-bond acceptors (Lipinski definition) is 10. The van der Waals surface area contributed by atoms with Gasteiger partial charge in [-0.3, -0.25) is 15.1 Å². The van der Waals surface area contributed by atoms with Crippen molar-refractivity contribution in [3.63, 3.8) is 0 Å². The van der Waals surface area contributed by atoms with Gasteiger partial charge in [0.25, 0.3) is 11.8 Å². The first-order valence-electron chi connectivity index (χ1n) is 14.1. The summed E-state index contributed by atoms with van der Waals surface area (Å²) in [7, 11) is 3.15. The monoisotopic (exact) mass is 621 g/mol. The molecule has 2 aromatic carbocycles. The molecule has 5 N–H and O–H groups in total. The number of halogens is 2. The van der Waals surface area contributed by atoms with E-state index in [0.717, 1.165) is 0 Å². The molecule has 1 unspecified atom stereocenters. The van der Waals surface area contributed by atoms with Gasteiger partial charge in [0.05, 0.1) is 7.11 Å². The van der Waals surface area contributed by atoms with Gasteiger partial charge in [0.1, 0.15) is 29.1 Å². The minimum Gasteiger partial charge on any atom is -0.504 e. The first-order chi connectivity index (χ1) is 21.5. The van der Waals surface area contributed by atoms with Gasteiger partial charge in [-0.2, -0.15) is 13.8 Å². The van der Waals surface area contributed by atoms with E-state index in [2.05, 4.69) is 15.3 Å². The van der Waals surface area contributed by atoms with Crippen molar-refractivity contribution in [2.45, 2.75) is 31.8 Å². The lowest BCUT2D eigenvalue weighted by Crippen LogP contribution is -2.47. The maximum Gasteiger partial charge on any atom is 0.322 e. The number of likely N-dealkylation sites (tertiary alicyclic amines) is 1. The maximum absolute atomic E-state index is 16.0. The Morgan fingerprint density at radius 1 is 1.13 bits per heavy atom. The number of anilines is 1. The number of nitrogens with one attached hydrogen (secondary N) is 2. The van der Waals surface area contributed by atoms with Gasteiger partial charge in [-0.25, -0.2) is 4.98 Å². The van der Waals surface area contributed by atoms with Gasteiger partial charge in [-0.1, -0.05) is 12.1 Å². The number of ether oxygens (including phenoxy) is 3. The number of aromatic nitrogens is 3. The van der Waals surface area contributed by atoms with Gasteiger partial charge in [0.2, 0.25) is 11.6 Å². The Balaban J connectivity index is 1.48. The largest absolute Gasteiger partial charge is 0.504 e. The Labute approximate surface area is 257 Å². The molecule has 1 atom stereocenters. The van der Waals surface area contributed by atoms with Crippen molar-refractivity contribution in [1.82, 2.24) is 19.4 Å². The summed E-state index contributed by atoms with van der Waals surface area (Å²) in [5.41, 5.74) is 5.93. The topological polar surface area (TPSA) is 161 Å². The van der Waals surface area contributed by atoms with Crippen LogP contribution in [0.4, 0.5) is 14.5 Å².